The van der Waals surface area contributed by atoms with Gasteiger partial charge in [-0.1, -0.05) is 39.8 Å². The van der Waals surface area contributed by atoms with Crippen LogP contribution in [0.25, 0.3) is 0 Å². The van der Waals surface area contributed by atoms with E-state index >= 15 is 0 Å². The number of carbonyl (C=O) groups is 1. The zero-order valence-corrected chi connectivity index (χ0v) is 13.1. The van der Waals surface area contributed by atoms with Crippen LogP contribution in [0.3, 0.4) is 0 Å². The van der Waals surface area contributed by atoms with Crippen molar-refractivity contribution in [1.82, 2.24) is 5.32 Å². The van der Waals surface area contributed by atoms with Gasteiger partial charge in [0, 0.05) is 18.7 Å². The second-order valence-corrected chi connectivity index (χ2v) is 6.20. The van der Waals surface area contributed by atoms with Crippen molar-refractivity contribution in [3.63, 3.8) is 0 Å². The van der Waals surface area contributed by atoms with E-state index in [9.17, 15) is 4.79 Å². The molecule has 112 valence electrons. The Morgan fingerprint density at radius 2 is 1.85 bits per heavy atom. The average molecular weight is 276 g/mol. The van der Waals surface area contributed by atoms with Crippen molar-refractivity contribution in [3.8, 4) is 0 Å². The number of carbonyl (C=O) groups excluding carboxylic acids is 1. The molecule has 0 saturated heterocycles. The van der Waals surface area contributed by atoms with Crippen molar-refractivity contribution in [1.29, 1.82) is 0 Å². The highest BCUT2D eigenvalue weighted by molar-refractivity contribution is 5.76. The van der Waals surface area contributed by atoms with E-state index < -0.39 is 0 Å². The largest absolute Gasteiger partial charge is 0.399 e. The summed E-state index contributed by atoms with van der Waals surface area (Å²) in [5.41, 5.74) is 7.60. The SMILES string of the molecule is CC(C)C(CNC(=O)CCc1cccc(N)c1)C(C)C. The van der Waals surface area contributed by atoms with Gasteiger partial charge in [-0.2, -0.15) is 0 Å². The molecule has 0 heterocycles. The summed E-state index contributed by atoms with van der Waals surface area (Å²) in [5.74, 6) is 1.83. The first-order valence-corrected chi connectivity index (χ1v) is 7.51. The van der Waals surface area contributed by atoms with E-state index in [4.69, 9.17) is 5.73 Å². The van der Waals surface area contributed by atoms with Crippen molar-refractivity contribution in [2.24, 2.45) is 17.8 Å². The first-order valence-electron chi connectivity index (χ1n) is 7.51. The van der Waals surface area contributed by atoms with Gasteiger partial charge in [0.2, 0.25) is 5.91 Å². The first kappa shape index (κ1) is 16.5. The van der Waals surface area contributed by atoms with Crippen LogP contribution in [0.4, 0.5) is 5.69 Å². The summed E-state index contributed by atoms with van der Waals surface area (Å²) in [5, 5.41) is 3.06. The molecule has 0 aliphatic carbocycles. The van der Waals surface area contributed by atoms with Gasteiger partial charge < -0.3 is 11.1 Å². The summed E-state index contributed by atoms with van der Waals surface area (Å²) >= 11 is 0. The molecule has 0 saturated carbocycles. The average Bonchev–Trinajstić information content (AvgIpc) is 2.35. The van der Waals surface area contributed by atoms with E-state index in [2.05, 4.69) is 33.0 Å². The summed E-state index contributed by atoms with van der Waals surface area (Å²) in [7, 11) is 0. The van der Waals surface area contributed by atoms with Crippen LogP contribution in [0.2, 0.25) is 0 Å². The van der Waals surface area contributed by atoms with Crippen molar-refractivity contribution >= 4 is 11.6 Å². The third-order valence-corrected chi connectivity index (χ3v) is 3.84. The fourth-order valence-electron chi connectivity index (χ4n) is 2.57. The molecule has 0 radical (unpaired) electrons. The summed E-state index contributed by atoms with van der Waals surface area (Å²) in [6, 6.07) is 7.72. The molecular formula is C17H28N2O. The van der Waals surface area contributed by atoms with Crippen LogP contribution < -0.4 is 11.1 Å². The Balaban J connectivity index is 2.37. The lowest BCUT2D eigenvalue weighted by atomic mass is 9.85. The van der Waals surface area contributed by atoms with Gasteiger partial charge in [0.25, 0.3) is 0 Å². The van der Waals surface area contributed by atoms with E-state index in [-0.39, 0.29) is 5.91 Å². The minimum absolute atomic E-state index is 0.124. The number of nitrogens with one attached hydrogen (secondary N) is 1. The molecule has 0 bridgehead atoms. The predicted molar refractivity (Wildman–Crippen MR) is 85.4 cm³/mol. The van der Waals surface area contributed by atoms with Gasteiger partial charge in [0.05, 0.1) is 0 Å². The highest BCUT2D eigenvalue weighted by Gasteiger charge is 2.17. The van der Waals surface area contributed by atoms with Gasteiger partial charge in [0.1, 0.15) is 0 Å². The maximum absolute atomic E-state index is 11.9. The van der Waals surface area contributed by atoms with E-state index in [0.29, 0.717) is 24.2 Å². The zero-order chi connectivity index (χ0) is 15.1. The molecular weight excluding hydrogens is 248 g/mol. The third-order valence-electron chi connectivity index (χ3n) is 3.84. The number of nitrogen functional groups attached to an aromatic ring is 1. The molecule has 0 aliphatic heterocycles. The molecule has 1 amide bonds. The summed E-state index contributed by atoms with van der Waals surface area (Å²) in [6.07, 6.45) is 1.26. The molecule has 1 aromatic rings. The van der Waals surface area contributed by atoms with Gasteiger partial charge in [-0.25, -0.2) is 0 Å². The van der Waals surface area contributed by atoms with Crippen LogP contribution in [0.1, 0.15) is 39.7 Å². The lowest BCUT2D eigenvalue weighted by Crippen LogP contribution is -2.34. The number of anilines is 1. The normalized spacial score (nSPS) is 11.3. The van der Waals surface area contributed by atoms with Gasteiger partial charge >= 0.3 is 0 Å². The van der Waals surface area contributed by atoms with Crippen molar-refractivity contribution in [2.45, 2.75) is 40.5 Å². The van der Waals surface area contributed by atoms with E-state index in [1.165, 1.54) is 0 Å². The second-order valence-electron chi connectivity index (χ2n) is 6.20. The number of nitrogens with two attached hydrogens (primary N) is 1. The summed E-state index contributed by atoms with van der Waals surface area (Å²) in [4.78, 5) is 11.9. The van der Waals surface area contributed by atoms with Crippen molar-refractivity contribution in [2.75, 3.05) is 12.3 Å². The van der Waals surface area contributed by atoms with E-state index in [1.807, 2.05) is 24.3 Å². The molecule has 1 rings (SSSR count). The lowest BCUT2D eigenvalue weighted by Gasteiger charge is -2.25. The highest BCUT2D eigenvalue weighted by Crippen LogP contribution is 2.19. The van der Waals surface area contributed by atoms with E-state index in [0.717, 1.165) is 24.2 Å². The maximum atomic E-state index is 11.9. The van der Waals surface area contributed by atoms with Crippen LogP contribution in [-0.2, 0) is 11.2 Å². The Hall–Kier alpha value is -1.51. The monoisotopic (exact) mass is 276 g/mol. The number of hydrogen-bond donors (Lipinski definition) is 2. The van der Waals surface area contributed by atoms with Crippen LogP contribution in [0, 0.1) is 17.8 Å². The number of amides is 1. The molecule has 0 aromatic heterocycles. The molecule has 0 aliphatic rings. The Morgan fingerprint density at radius 3 is 2.40 bits per heavy atom. The number of hydrogen-bond acceptors (Lipinski definition) is 2. The van der Waals surface area contributed by atoms with Gasteiger partial charge in [-0.15, -0.1) is 0 Å². The minimum Gasteiger partial charge on any atom is -0.399 e. The van der Waals surface area contributed by atoms with Gasteiger partial charge in [-0.05, 0) is 41.9 Å². The summed E-state index contributed by atoms with van der Waals surface area (Å²) < 4.78 is 0. The smallest absolute Gasteiger partial charge is 0.220 e. The molecule has 3 nitrogen and oxygen atoms in total. The highest BCUT2D eigenvalue weighted by atomic mass is 16.1. The molecule has 20 heavy (non-hydrogen) atoms. The van der Waals surface area contributed by atoms with Crippen molar-refractivity contribution < 1.29 is 4.79 Å². The molecule has 0 fully saturated rings. The molecule has 3 heteroatoms. The zero-order valence-electron chi connectivity index (χ0n) is 13.1. The topological polar surface area (TPSA) is 55.1 Å². The quantitative estimate of drug-likeness (QED) is 0.751. The van der Waals surface area contributed by atoms with Gasteiger partial charge in [-0.3, -0.25) is 4.79 Å². The Kier molecular flexibility index (Phi) is 6.56. The third kappa shape index (κ3) is 5.64. The fraction of sp³-hybridized carbons (Fsp3) is 0.588. The lowest BCUT2D eigenvalue weighted by molar-refractivity contribution is -0.121. The summed E-state index contributed by atoms with van der Waals surface area (Å²) in [6.45, 7) is 9.62. The minimum atomic E-state index is 0.124. The molecule has 3 N–H and O–H groups in total. The fourth-order valence-corrected chi connectivity index (χ4v) is 2.57. The Morgan fingerprint density at radius 1 is 1.20 bits per heavy atom. The number of benzene rings is 1. The van der Waals surface area contributed by atoms with Crippen molar-refractivity contribution in [3.05, 3.63) is 29.8 Å². The van der Waals surface area contributed by atoms with Crippen LogP contribution >= 0.6 is 0 Å². The second kappa shape index (κ2) is 7.93. The van der Waals surface area contributed by atoms with Gasteiger partial charge in [0.15, 0.2) is 0 Å². The maximum Gasteiger partial charge on any atom is 0.220 e. The standard InChI is InChI=1S/C17H28N2O/c1-12(2)16(13(3)4)11-19-17(20)9-8-14-6-5-7-15(18)10-14/h5-7,10,12-13,16H,8-9,11,18H2,1-4H3,(H,19,20). The molecule has 0 spiro atoms. The van der Waals surface area contributed by atoms with E-state index in [1.54, 1.807) is 0 Å². The molecule has 1 aromatic carbocycles. The van der Waals surface area contributed by atoms with Crippen LogP contribution in [0.5, 0.6) is 0 Å². The number of aryl methyl sites for hydroxylation is 1. The predicted octanol–water partition coefficient (Wildman–Crippen LogP) is 3.25. The first-order chi connectivity index (χ1) is 9.40. The molecule has 0 atom stereocenters. The van der Waals surface area contributed by atoms with Crippen LogP contribution in [-0.4, -0.2) is 12.5 Å². The Labute approximate surface area is 122 Å². The Bertz CT molecular complexity index is 419. The number of rotatable bonds is 7. The molecule has 0 unspecified atom stereocenters. The van der Waals surface area contributed by atoms with Crippen LogP contribution in [0.15, 0.2) is 24.3 Å².